The van der Waals surface area contributed by atoms with Crippen molar-refractivity contribution < 1.29 is 9.21 Å². The molecular weight excluding hydrogens is 446 g/mol. The summed E-state index contributed by atoms with van der Waals surface area (Å²) in [4.78, 5) is 22.8. The lowest BCUT2D eigenvalue weighted by Crippen LogP contribution is -2.50. The molecule has 2 fully saturated rings. The molecule has 1 amide bonds. The number of fused-ring (bicyclic) bond motifs is 1. The van der Waals surface area contributed by atoms with E-state index < -0.39 is 0 Å². The topological polar surface area (TPSA) is 49.6 Å². The van der Waals surface area contributed by atoms with E-state index in [2.05, 4.69) is 69.4 Å². The van der Waals surface area contributed by atoms with Gasteiger partial charge in [0.05, 0.1) is 11.8 Å². The second kappa shape index (κ2) is 10.3. The summed E-state index contributed by atoms with van der Waals surface area (Å²) in [6, 6.07) is 25.5. The van der Waals surface area contributed by atoms with Crippen LogP contribution in [0, 0.1) is 5.92 Å². The molecular formula is C31H33N3O2. The first-order chi connectivity index (χ1) is 17.7. The zero-order chi connectivity index (χ0) is 24.3. The van der Waals surface area contributed by atoms with Crippen LogP contribution in [0.3, 0.4) is 0 Å². The zero-order valence-electron chi connectivity index (χ0n) is 20.6. The number of aromatic nitrogens is 1. The second-order valence-electron chi connectivity index (χ2n) is 10.3. The fourth-order valence-electron chi connectivity index (χ4n) is 5.79. The highest BCUT2D eigenvalue weighted by atomic mass is 16.3. The lowest BCUT2D eigenvalue weighted by Gasteiger charge is -2.41. The Hall–Kier alpha value is -3.44. The van der Waals surface area contributed by atoms with Gasteiger partial charge in [-0.3, -0.25) is 14.7 Å². The Morgan fingerprint density at radius 3 is 2.53 bits per heavy atom. The third-order valence-corrected chi connectivity index (χ3v) is 7.80. The lowest BCUT2D eigenvalue weighted by molar-refractivity contribution is 0.0454. The van der Waals surface area contributed by atoms with E-state index in [1.807, 2.05) is 18.3 Å². The van der Waals surface area contributed by atoms with Crippen LogP contribution in [0.25, 0.3) is 10.9 Å². The van der Waals surface area contributed by atoms with E-state index in [1.54, 1.807) is 12.3 Å². The summed E-state index contributed by atoms with van der Waals surface area (Å²) < 4.78 is 5.55. The van der Waals surface area contributed by atoms with E-state index in [9.17, 15) is 4.79 Å². The first-order valence-corrected chi connectivity index (χ1v) is 13.2. The molecule has 1 aliphatic heterocycles. The van der Waals surface area contributed by atoms with Crippen LogP contribution in [0.2, 0.25) is 0 Å². The number of benzene rings is 2. The van der Waals surface area contributed by atoms with Gasteiger partial charge in [-0.2, -0.15) is 0 Å². The van der Waals surface area contributed by atoms with Gasteiger partial charge in [-0.1, -0.05) is 42.5 Å². The number of nitrogens with zero attached hydrogens (tertiary/aromatic N) is 3. The van der Waals surface area contributed by atoms with Crippen molar-refractivity contribution in [1.82, 2.24) is 14.8 Å². The Balaban J connectivity index is 1.18. The summed E-state index contributed by atoms with van der Waals surface area (Å²) in [7, 11) is 0. The Labute approximate surface area is 212 Å². The first-order valence-electron chi connectivity index (χ1n) is 13.2. The molecule has 1 saturated carbocycles. The molecule has 0 bridgehead atoms. The van der Waals surface area contributed by atoms with Gasteiger partial charge in [0, 0.05) is 30.2 Å². The van der Waals surface area contributed by atoms with E-state index in [0.29, 0.717) is 17.7 Å². The number of pyridine rings is 1. The highest BCUT2D eigenvalue weighted by Crippen LogP contribution is 2.36. The number of carbonyl (C=O) groups excluding carboxylic acids is 1. The summed E-state index contributed by atoms with van der Waals surface area (Å²) in [5.74, 6) is 0.987. The minimum atomic E-state index is 0.0515. The molecule has 5 nitrogen and oxygen atoms in total. The third kappa shape index (κ3) is 5.07. The van der Waals surface area contributed by atoms with Gasteiger partial charge in [-0.15, -0.1) is 0 Å². The molecule has 2 aromatic heterocycles. The molecule has 1 saturated heterocycles. The predicted molar refractivity (Wildman–Crippen MR) is 142 cm³/mol. The van der Waals surface area contributed by atoms with Gasteiger partial charge < -0.3 is 9.32 Å². The zero-order valence-corrected chi connectivity index (χ0v) is 20.6. The minimum absolute atomic E-state index is 0.0515. The monoisotopic (exact) mass is 479 g/mol. The molecule has 1 unspecified atom stereocenters. The van der Waals surface area contributed by atoms with Crippen molar-refractivity contribution >= 4 is 16.8 Å². The fourth-order valence-corrected chi connectivity index (χ4v) is 5.79. The van der Waals surface area contributed by atoms with E-state index in [1.165, 1.54) is 16.5 Å². The number of rotatable bonds is 8. The smallest absolute Gasteiger partial charge is 0.290 e. The SMILES string of the molecule is O=C(c1ccco1)N(C1CC1)C(Cc1ccccc1)C1CCN(Cc2ccc3ncccc3c2)CC1. The fraction of sp³-hybridized carbons (Fsp3) is 0.355. The molecule has 184 valence electrons. The Kier molecular flexibility index (Phi) is 6.56. The number of likely N-dealkylation sites (tertiary alicyclic amines) is 1. The van der Waals surface area contributed by atoms with Crippen molar-refractivity contribution in [1.29, 1.82) is 0 Å². The van der Waals surface area contributed by atoms with Gasteiger partial charge in [0.25, 0.3) is 5.91 Å². The maximum Gasteiger partial charge on any atom is 0.290 e. The van der Waals surface area contributed by atoms with Gasteiger partial charge in [0.1, 0.15) is 0 Å². The summed E-state index contributed by atoms with van der Waals surface area (Å²) >= 11 is 0. The molecule has 2 aliphatic rings. The largest absolute Gasteiger partial charge is 0.459 e. The number of carbonyl (C=O) groups is 1. The molecule has 0 N–H and O–H groups in total. The van der Waals surface area contributed by atoms with Crippen molar-refractivity contribution in [2.75, 3.05) is 13.1 Å². The van der Waals surface area contributed by atoms with Crippen LogP contribution < -0.4 is 0 Å². The van der Waals surface area contributed by atoms with Crippen molar-refractivity contribution in [2.45, 2.75) is 50.7 Å². The standard InChI is InChI=1S/C31H33N3O2/c35-31(30-9-5-19-36-30)34(27-11-12-27)29(21-23-6-2-1-3-7-23)25-14-17-33(18-15-25)22-24-10-13-28-26(20-24)8-4-16-32-28/h1-10,13,16,19-20,25,27,29H,11-12,14-15,17-18,21-22H2. The quantitative estimate of drug-likeness (QED) is 0.313. The van der Waals surface area contributed by atoms with E-state index in [4.69, 9.17) is 4.42 Å². The van der Waals surface area contributed by atoms with E-state index >= 15 is 0 Å². The third-order valence-electron chi connectivity index (χ3n) is 7.80. The van der Waals surface area contributed by atoms with E-state index in [0.717, 1.165) is 57.3 Å². The summed E-state index contributed by atoms with van der Waals surface area (Å²) in [5, 5.41) is 1.20. The molecule has 0 radical (unpaired) electrons. The lowest BCUT2D eigenvalue weighted by atomic mass is 9.84. The van der Waals surface area contributed by atoms with Gasteiger partial charge in [-0.25, -0.2) is 0 Å². The normalized spacial score (nSPS) is 17.8. The number of furan rings is 1. The summed E-state index contributed by atoms with van der Waals surface area (Å²) in [5.41, 5.74) is 3.68. The second-order valence-corrected chi connectivity index (χ2v) is 10.3. The highest BCUT2D eigenvalue weighted by molar-refractivity contribution is 5.92. The molecule has 3 heterocycles. The van der Waals surface area contributed by atoms with E-state index in [-0.39, 0.29) is 11.9 Å². The Bertz CT molecular complexity index is 1290. The number of hydrogen-bond acceptors (Lipinski definition) is 4. The van der Waals surface area contributed by atoms with Crippen molar-refractivity contribution in [3.05, 3.63) is 102 Å². The van der Waals surface area contributed by atoms with Gasteiger partial charge in [-0.05, 0) is 92.6 Å². The molecule has 4 aromatic rings. The molecule has 0 spiro atoms. The van der Waals surface area contributed by atoms with Crippen LogP contribution in [0.15, 0.2) is 89.7 Å². The molecule has 6 rings (SSSR count). The molecule has 2 aromatic carbocycles. The van der Waals surface area contributed by atoms with Crippen molar-refractivity contribution in [3.8, 4) is 0 Å². The average molecular weight is 480 g/mol. The molecule has 5 heteroatoms. The summed E-state index contributed by atoms with van der Waals surface area (Å²) in [6.07, 6.45) is 8.72. The Morgan fingerprint density at radius 2 is 1.78 bits per heavy atom. The molecule has 1 aliphatic carbocycles. The van der Waals surface area contributed by atoms with Gasteiger partial charge in [0.15, 0.2) is 5.76 Å². The predicted octanol–water partition coefficient (Wildman–Crippen LogP) is 5.96. The summed E-state index contributed by atoms with van der Waals surface area (Å²) in [6.45, 7) is 3.06. The number of hydrogen-bond donors (Lipinski definition) is 0. The highest BCUT2D eigenvalue weighted by Gasteiger charge is 2.42. The minimum Gasteiger partial charge on any atom is -0.459 e. The molecule has 36 heavy (non-hydrogen) atoms. The average Bonchev–Trinajstić information content (AvgIpc) is 3.60. The number of amides is 1. The van der Waals surface area contributed by atoms with Crippen molar-refractivity contribution in [3.63, 3.8) is 0 Å². The molecule has 1 atom stereocenters. The van der Waals surface area contributed by atoms with Gasteiger partial charge >= 0.3 is 0 Å². The van der Waals surface area contributed by atoms with Crippen LogP contribution in [0.5, 0.6) is 0 Å². The van der Waals surface area contributed by atoms with Crippen LogP contribution in [-0.2, 0) is 13.0 Å². The number of piperidine rings is 1. The maximum atomic E-state index is 13.6. The van der Waals surface area contributed by atoms with Crippen LogP contribution in [-0.4, -0.2) is 45.9 Å². The Morgan fingerprint density at radius 1 is 0.944 bits per heavy atom. The van der Waals surface area contributed by atoms with Crippen LogP contribution >= 0.6 is 0 Å². The van der Waals surface area contributed by atoms with Crippen LogP contribution in [0.4, 0.5) is 0 Å². The van der Waals surface area contributed by atoms with Gasteiger partial charge in [0.2, 0.25) is 0 Å². The first kappa shape index (κ1) is 23.0. The maximum absolute atomic E-state index is 13.6. The van der Waals surface area contributed by atoms with Crippen LogP contribution in [0.1, 0.15) is 47.4 Å². The van der Waals surface area contributed by atoms with Crippen molar-refractivity contribution in [2.24, 2.45) is 5.92 Å².